The zero-order valence-electron chi connectivity index (χ0n) is 9.69. The first-order chi connectivity index (χ1) is 9.06. The number of carbonyl (C=O) groups excluding carboxylic acids is 2. The van der Waals surface area contributed by atoms with Gasteiger partial charge in [0.1, 0.15) is 11.6 Å². The Bertz CT molecular complexity index is 551. The van der Waals surface area contributed by atoms with Crippen LogP contribution < -0.4 is 5.32 Å². The van der Waals surface area contributed by atoms with Crippen LogP contribution in [0.4, 0.5) is 8.78 Å². The minimum atomic E-state index is -0.644. The molecule has 0 saturated carbocycles. The Kier molecular flexibility index (Phi) is 3.66. The van der Waals surface area contributed by atoms with Crippen molar-refractivity contribution in [3.63, 3.8) is 0 Å². The SMILES string of the molecule is O=C(NC(=O)c1ccc(F)cc1)c1ccc(F)cc1. The fourth-order valence-corrected chi connectivity index (χ4v) is 1.45. The number of nitrogens with one attached hydrogen (secondary N) is 1. The number of rotatable bonds is 2. The molecule has 96 valence electrons. The molecule has 19 heavy (non-hydrogen) atoms. The van der Waals surface area contributed by atoms with Crippen molar-refractivity contribution in [1.82, 2.24) is 5.32 Å². The Balaban J connectivity index is 2.08. The van der Waals surface area contributed by atoms with Crippen LogP contribution in [0.15, 0.2) is 48.5 Å². The average molecular weight is 261 g/mol. The number of hydrogen-bond acceptors (Lipinski definition) is 2. The molecule has 0 aliphatic heterocycles. The van der Waals surface area contributed by atoms with Gasteiger partial charge in [0.15, 0.2) is 0 Å². The Hall–Kier alpha value is -2.56. The van der Waals surface area contributed by atoms with E-state index in [4.69, 9.17) is 0 Å². The minimum Gasteiger partial charge on any atom is -0.288 e. The van der Waals surface area contributed by atoms with E-state index in [0.29, 0.717) is 0 Å². The first-order valence-electron chi connectivity index (χ1n) is 5.43. The maximum absolute atomic E-state index is 12.7. The second kappa shape index (κ2) is 5.39. The maximum Gasteiger partial charge on any atom is 0.258 e. The van der Waals surface area contributed by atoms with E-state index in [2.05, 4.69) is 5.32 Å². The van der Waals surface area contributed by atoms with Gasteiger partial charge in [0.2, 0.25) is 0 Å². The summed E-state index contributed by atoms with van der Waals surface area (Å²) >= 11 is 0. The van der Waals surface area contributed by atoms with Crippen LogP contribution in [0.5, 0.6) is 0 Å². The van der Waals surface area contributed by atoms with E-state index in [1.165, 1.54) is 24.3 Å². The van der Waals surface area contributed by atoms with E-state index in [-0.39, 0.29) is 11.1 Å². The summed E-state index contributed by atoms with van der Waals surface area (Å²) in [5.74, 6) is -2.23. The molecule has 0 heterocycles. The molecule has 2 amide bonds. The molecular formula is C14H9F2NO2. The smallest absolute Gasteiger partial charge is 0.258 e. The molecule has 0 spiro atoms. The summed E-state index contributed by atoms with van der Waals surface area (Å²) in [7, 11) is 0. The molecule has 0 unspecified atom stereocenters. The highest BCUT2D eigenvalue weighted by Crippen LogP contribution is 2.05. The molecule has 0 aliphatic carbocycles. The predicted octanol–water partition coefficient (Wildman–Crippen LogP) is 2.54. The number of benzene rings is 2. The molecule has 3 nitrogen and oxygen atoms in total. The molecule has 2 aromatic rings. The van der Waals surface area contributed by atoms with Crippen molar-refractivity contribution in [2.75, 3.05) is 0 Å². The van der Waals surface area contributed by atoms with Crippen molar-refractivity contribution < 1.29 is 18.4 Å². The average Bonchev–Trinajstić information content (AvgIpc) is 2.40. The molecule has 2 rings (SSSR count). The van der Waals surface area contributed by atoms with Gasteiger partial charge in [-0.25, -0.2) is 8.78 Å². The molecule has 0 bridgehead atoms. The monoisotopic (exact) mass is 261 g/mol. The zero-order valence-corrected chi connectivity index (χ0v) is 9.69. The second-order valence-corrected chi connectivity index (χ2v) is 3.80. The molecular weight excluding hydrogens is 252 g/mol. The predicted molar refractivity (Wildman–Crippen MR) is 64.6 cm³/mol. The third-order valence-corrected chi connectivity index (χ3v) is 2.44. The highest BCUT2D eigenvalue weighted by atomic mass is 19.1. The lowest BCUT2D eigenvalue weighted by Gasteiger charge is -2.04. The standard InChI is InChI=1S/C14H9F2NO2/c15-11-5-1-9(2-6-11)13(18)17-14(19)10-3-7-12(16)8-4-10/h1-8H,(H,17,18,19). The van der Waals surface area contributed by atoms with Gasteiger partial charge in [-0.2, -0.15) is 0 Å². The van der Waals surface area contributed by atoms with Crippen LogP contribution in [-0.4, -0.2) is 11.8 Å². The van der Waals surface area contributed by atoms with E-state index >= 15 is 0 Å². The molecule has 0 fully saturated rings. The fourth-order valence-electron chi connectivity index (χ4n) is 1.45. The first kappa shape index (κ1) is 12.9. The van der Waals surface area contributed by atoms with Crippen LogP contribution in [0.25, 0.3) is 0 Å². The zero-order chi connectivity index (χ0) is 13.8. The van der Waals surface area contributed by atoms with Gasteiger partial charge in [-0.3, -0.25) is 14.9 Å². The normalized spacial score (nSPS) is 10.0. The summed E-state index contributed by atoms with van der Waals surface area (Å²) in [5.41, 5.74) is 0.328. The molecule has 0 atom stereocenters. The molecule has 0 aromatic heterocycles. The Labute approximate surface area is 107 Å². The number of carbonyl (C=O) groups is 2. The molecule has 2 aromatic carbocycles. The fraction of sp³-hybridized carbons (Fsp3) is 0. The Morgan fingerprint density at radius 2 is 1.00 bits per heavy atom. The van der Waals surface area contributed by atoms with Gasteiger partial charge in [0, 0.05) is 11.1 Å². The Morgan fingerprint density at radius 3 is 1.32 bits per heavy atom. The molecule has 1 N–H and O–H groups in total. The highest BCUT2D eigenvalue weighted by molar-refractivity contribution is 6.10. The number of amides is 2. The summed E-state index contributed by atoms with van der Waals surface area (Å²) in [5, 5.41) is 2.13. The third-order valence-electron chi connectivity index (χ3n) is 2.44. The van der Waals surface area contributed by atoms with Crippen molar-refractivity contribution in [2.24, 2.45) is 0 Å². The maximum atomic E-state index is 12.7. The molecule has 0 radical (unpaired) electrons. The third kappa shape index (κ3) is 3.22. The summed E-state index contributed by atoms with van der Waals surface area (Å²) in [6.45, 7) is 0. The largest absolute Gasteiger partial charge is 0.288 e. The van der Waals surface area contributed by atoms with Crippen LogP contribution in [0.1, 0.15) is 20.7 Å². The molecule has 0 aliphatic rings. The van der Waals surface area contributed by atoms with Gasteiger partial charge in [-0.05, 0) is 48.5 Å². The quantitative estimate of drug-likeness (QED) is 0.844. The first-order valence-corrected chi connectivity index (χ1v) is 5.43. The minimum absolute atomic E-state index is 0.164. The van der Waals surface area contributed by atoms with Gasteiger partial charge >= 0.3 is 0 Å². The van der Waals surface area contributed by atoms with Gasteiger partial charge in [0.05, 0.1) is 0 Å². The summed E-state index contributed by atoms with van der Waals surface area (Å²) in [6, 6.07) is 9.56. The lowest BCUT2D eigenvalue weighted by atomic mass is 10.2. The number of imide groups is 1. The lowest BCUT2D eigenvalue weighted by Crippen LogP contribution is -2.30. The number of hydrogen-bond donors (Lipinski definition) is 1. The Morgan fingerprint density at radius 1 is 0.684 bits per heavy atom. The van der Waals surface area contributed by atoms with Crippen molar-refractivity contribution >= 4 is 11.8 Å². The van der Waals surface area contributed by atoms with Gasteiger partial charge in [-0.15, -0.1) is 0 Å². The lowest BCUT2D eigenvalue weighted by molar-refractivity contribution is 0.0849. The van der Waals surface area contributed by atoms with Crippen LogP contribution in [0.2, 0.25) is 0 Å². The van der Waals surface area contributed by atoms with Crippen LogP contribution >= 0.6 is 0 Å². The van der Waals surface area contributed by atoms with E-state index in [1.54, 1.807) is 0 Å². The molecule has 0 saturated heterocycles. The van der Waals surface area contributed by atoms with Crippen molar-refractivity contribution in [2.45, 2.75) is 0 Å². The summed E-state index contributed by atoms with van der Waals surface area (Å²) in [4.78, 5) is 23.4. The molecule has 5 heteroatoms. The summed E-state index contributed by atoms with van der Waals surface area (Å²) < 4.78 is 25.4. The van der Waals surface area contributed by atoms with Crippen LogP contribution in [-0.2, 0) is 0 Å². The van der Waals surface area contributed by atoms with Crippen LogP contribution in [0, 0.1) is 11.6 Å². The van der Waals surface area contributed by atoms with E-state index in [0.717, 1.165) is 24.3 Å². The topological polar surface area (TPSA) is 46.2 Å². The van der Waals surface area contributed by atoms with Gasteiger partial charge in [0.25, 0.3) is 11.8 Å². The van der Waals surface area contributed by atoms with Gasteiger partial charge in [-0.1, -0.05) is 0 Å². The van der Waals surface area contributed by atoms with Crippen molar-refractivity contribution in [1.29, 1.82) is 0 Å². The number of halogens is 2. The van der Waals surface area contributed by atoms with E-state index in [1.807, 2.05) is 0 Å². The van der Waals surface area contributed by atoms with Crippen molar-refractivity contribution in [3.8, 4) is 0 Å². The van der Waals surface area contributed by atoms with Crippen molar-refractivity contribution in [3.05, 3.63) is 71.3 Å². The van der Waals surface area contributed by atoms with Crippen LogP contribution in [0.3, 0.4) is 0 Å². The van der Waals surface area contributed by atoms with E-state index in [9.17, 15) is 18.4 Å². The van der Waals surface area contributed by atoms with Gasteiger partial charge < -0.3 is 0 Å². The summed E-state index contributed by atoms with van der Waals surface area (Å²) in [6.07, 6.45) is 0. The van der Waals surface area contributed by atoms with E-state index < -0.39 is 23.4 Å². The second-order valence-electron chi connectivity index (χ2n) is 3.80. The highest BCUT2D eigenvalue weighted by Gasteiger charge is 2.12.